The van der Waals surface area contributed by atoms with Crippen LogP contribution in [0, 0.1) is 0 Å². The van der Waals surface area contributed by atoms with Crippen molar-refractivity contribution in [3.8, 4) is 0 Å². The lowest BCUT2D eigenvalue weighted by atomic mass is 10.3. The molecule has 0 saturated carbocycles. The van der Waals surface area contributed by atoms with Gasteiger partial charge in [0, 0.05) is 13.1 Å². The molecule has 26 heavy (non-hydrogen) atoms. The molecule has 8 heteroatoms. The number of halogens is 1. The number of esters is 1. The minimum atomic E-state index is -0.464. The van der Waals surface area contributed by atoms with Crippen LogP contribution in [-0.4, -0.2) is 40.8 Å². The molecule has 0 aliphatic carbocycles. The molecule has 0 bridgehead atoms. The summed E-state index contributed by atoms with van der Waals surface area (Å²) in [5.74, 6) is -0.464. The molecule has 0 aliphatic rings. The largest absolute Gasteiger partial charge is 0.461 e. The van der Waals surface area contributed by atoms with Crippen LogP contribution in [0.1, 0.15) is 44.1 Å². The Labute approximate surface area is 164 Å². The van der Waals surface area contributed by atoms with E-state index in [1.807, 2.05) is 24.3 Å². The van der Waals surface area contributed by atoms with Gasteiger partial charge in [-0.25, -0.2) is 14.8 Å². The Bertz CT molecular complexity index is 755. The summed E-state index contributed by atoms with van der Waals surface area (Å²) < 4.78 is 5.15. The van der Waals surface area contributed by atoms with E-state index < -0.39 is 5.97 Å². The first-order valence-electron chi connectivity index (χ1n) is 8.59. The first-order valence-corrected chi connectivity index (χ1v) is 9.41. The van der Waals surface area contributed by atoms with Crippen molar-refractivity contribution in [2.45, 2.75) is 38.6 Å². The Kier molecular flexibility index (Phi) is 9.98. The van der Waals surface area contributed by atoms with Gasteiger partial charge in [0.05, 0.1) is 17.6 Å². The van der Waals surface area contributed by atoms with Crippen LogP contribution in [0.2, 0.25) is 0 Å². The molecular formula is C18H25ClN4O2S. The fourth-order valence-electron chi connectivity index (χ4n) is 2.05. The van der Waals surface area contributed by atoms with E-state index in [-0.39, 0.29) is 18.1 Å². The van der Waals surface area contributed by atoms with Crippen LogP contribution in [0.5, 0.6) is 0 Å². The molecule has 0 saturated heterocycles. The minimum absolute atomic E-state index is 0. The third-order valence-corrected chi connectivity index (χ3v) is 4.15. The molecule has 1 heterocycles. The van der Waals surface area contributed by atoms with Crippen molar-refractivity contribution in [1.82, 2.24) is 15.3 Å². The molecule has 2 rings (SSSR count). The van der Waals surface area contributed by atoms with Gasteiger partial charge in [-0.15, -0.1) is 12.4 Å². The van der Waals surface area contributed by atoms with E-state index in [2.05, 4.69) is 34.1 Å². The predicted molar refractivity (Wildman–Crippen MR) is 109 cm³/mol. The van der Waals surface area contributed by atoms with E-state index in [0.29, 0.717) is 17.1 Å². The van der Waals surface area contributed by atoms with Crippen molar-refractivity contribution >= 4 is 46.3 Å². The number of thioether (sulfide) groups is 1. The number of carbonyl (C=O) groups excluding carboxylic acids is 1. The molecule has 1 N–H and O–H groups in total. The van der Waals surface area contributed by atoms with Gasteiger partial charge in [0.15, 0.2) is 10.9 Å². The normalized spacial score (nSPS) is 11.1. The summed E-state index contributed by atoms with van der Waals surface area (Å²) in [6, 6.07) is 7.48. The Morgan fingerprint density at radius 2 is 1.85 bits per heavy atom. The third kappa shape index (κ3) is 6.14. The molecule has 0 unspecified atom stereocenters. The molecule has 6 nitrogen and oxygen atoms in total. The molecule has 0 aliphatic heterocycles. The molecule has 0 amide bonds. The summed E-state index contributed by atoms with van der Waals surface area (Å²) in [5.41, 5.74) is 1.64. The van der Waals surface area contributed by atoms with Crippen molar-refractivity contribution < 1.29 is 9.53 Å². The fraction of sp³-hybridized carbons (Fsp3) is 0.444. The number of carbonyl (C=O) groups is 1. The lowest BCUT2D eigenvalue weighted by molar-refractivity contribution is 0.0514. The van der Waals surface area contributed by atoms with Crippen LogP contribution in [0.3, 0.4) is 0 Å². The zero-order valence-electron chi connectivity index (χ0n) is 15.3. The molecule has 2 aromatic rings. The van der Waals surface area contributed by atoms with E-state index in [0.717, 1.165) is 36.6 Å². The van der Waals surface area contributed by atoms with Crippen LogP contribution >= 0.6 is 24.2 Å². The summed E-state index contributed by atoms with van der Waals surface area (Å²) in [7, 11) is 0. The number of fused-ring (bicyclic) bond motifs is 1. The van der Waals surface area contributed by atoms with Gasteiger partial charge in [0.2, 0.25) is 0 Å². The smallest absolute Gasteiger partial charge is 0.359 e. The highest BCUT2D eigenvalue weighted by Gasteiger charge is 2.19. The predicted octanol–water partition coefficient (Wildman–Crippen LogP) is 4.09. The Morgan fingerprint density at radius 3 is 2.46 bits per heavy atom. The number of hydrogen-bond acceptors (Lipinski definition) is 6. The van der Waals surface area contributed by atoms with E-state index in [1.54, 1.807) is 6.92 Å². The lowest BCUT2D eigenvalue weighted by Crippen LogP contribution is -2.22. The summed E-state index contributed by atoms with van der Waals surface area (Å²) in [5, 5.41) is 4.55. The number of benzene rings is 1. The highest BCUT2D eigenvalue weighted by molar-refractivity contribution is 8.13. The van der Waals surface area contributed by atoms with Crippen molar-refractivity contribution in [3.63, 3.8) is 0 Å². The van der Waals surface area contributed by atoms with Crippen LogP contribution in [0.4, 0.5) is 0 Å². The summed E-state index contributed by atoms with van der Waals surface area (Å²) in [6.07, 6.45) is 1.94. The summed E-state index contributed by atoms with van der Waals surface area (Å²) >= 11 is 1.33. The molecule has 0 atom stereocenters. The second-order valence-corrected chi connectivity index (χ2v) is 6.28. The van der Waals surface area contributed by atoms with Gasteiger partial charge in [-0.05, 0) is 43.7 Å². The minimum Gasteiger partial charge on any atom is -0.461 e. The monoisotopic (exact) mass is 396 g/mol. The number of nitrogens with zero attached hydrogens (tertiary/aromatic N) is 3. The highest BCUT2D eigenvalue weighted by atomic mass is 35.5. The topological polar surface area (TPSA) is 76.5 Å². The Morgan fingerprint density at radius 1 is 1.15 bits per heavy atom. The van der Waals surface area contributed by atoms with E-state index in [4.69, 9.17) is 4.74 Å². The van der Waals surface area contributed by atoms with Gasteiger partial charge in [-0.3, -0.25) is 4.99 Å². The van der Waals surface area contributed by atoms with Crippen molar-refractivity contribution in [2.75, 3.05) is 19.7 Å². The zero-order chi connectivity index (χ0) is 18.1. The molecule has 0 radical (unpaired) electrons. The zero-order valence-corrected chi connectivity index (χ0v) is 17.0. The summed E-state index contributed by atoms with van der Waals surface area (Å²) in [6.45, 7) is 7.76. The van der Waals surface area contributed by atoms with Gasteiger partial charge in [-0.2, -0.15) is 0 Å². The van der Waals surface area contributed by atoms with Crippen LogP contribution in [-0.2, 0) is 4.74 Å². The maximum absolute atomic E-state index is 12.3. The SMILES string of the molecule is CCCN=C(NCCC)Sc1nc2ccccc2nc1C(=O)OCC.Cl. The maximum atomic E-state index is 12.3. The molecule has 1 aromatic carbocycles. The molecule has 0 fully saturated rings. The van der Waals surface area contributed by atoms with Crippen molar-refractivity contribution in [1.29, 1.82) is 0 Å². The number of ether oxygens (including phenoxy) is 1. The van der Waals surface area contributed by atoms with Gasteiger partial charge >= 0.3 is 5.97 Å². The number of hydrogen-bond donors (Lipinski definition) is 1. The van der Waals surface area contributed by atoms with Crippen LogP contribution < -0.4 is 5.32 Å². The average Bonchev–Trinajstić information content (AvgIpc) is 2.63. The van der Waals surface area contributed by atoms with E-state index in [1.165, 1.54) is 11.8 Å². The number of para-hydroxylation sites is 2. The highest BCUT2D eigenvalue weighted by Crippen LogP contribution is 2.24. The lowest BCUT2D eigenvalue weighted by Gasteiger charge is -2.11. The number of nitrogens with one attached hydrogen (secondary N) is 1. The Hall–Kier alpha value is -1.86. The van der Waals surface area contributed by atoms with Crippen molar-refractivity contribution in [3.05, 3.63) is 30.0 Å². The average molecular weight is 397 g/mol. The molecule has 0 spiro atoms. The molecular weight excluding hydrogens is 372 g/mol. The Balaban J connectivity index is 0.00000338. The van der Waals surface area contributed by atoms with Crippen LogP contribution in [0.15, 0.2) is 34.3 Å². The molecule has 142 valence electrons. The van der Waals surface area contributed by atoms with Gasteiger partial charge in [-0.1, -0.05) is 26.0 Å². The quantitative estimate of drug-likeness (QED) is 0.329. The number of amidine groups is 1. The van der Waals surface area contributed by atoms with Gasteiger partial charge in [0.25, 0.3) is 0 Å². The van der Waals surface area contributed by atoms with E-state index in [9.17, 15) is 4.79 Å². The van der Waals surface area contributed by atoms with Gasteiger partial charge in [0.1, 0.15) is 5.03 Å². The first-order chi connectivity index (χ1) is 12.2. The fourth-order valence-corrected chi connectivity index (χ4v) is 2.93. The van der Waals surface area contributed by atoms with Gasteiger partial charge < -0.3 is 10.1 Å². The van der Waals surface area contributed by atoms with Crippen LogP contribution in [0.25, 0.3) is 11.0 Å². The third-order valence-electron chi connectivity index (χ3n) is 3.21. The number of aromatic nitrogens is 2. The maximum Gasteiger partial charge on any atom is 0.359 e. The second-order valence-electron chi connectivity index (χ2n) is 5.30. The second kappa shape index (κ2) is 11.7. The molecule has 1 aromatic heterocycles. The number of aliphatic imine (C=N–C) groups is 1. The standard InChI is InChI=1S/C18H24N4O2S.ClH/c1-4-11-19-18(20-12-5-2)25-16-15(17(23)24-6-3)21-13-9-7-8-10-14(13)22-16;/h7-10H,4-6,11-12H2,1-3H3,(H,19,20);1H. The van der Waals surface area contributed by atoms with Crippen molar-refractivity contribution in [2.24, 2.45) is 4.99 Å². The summed E-state index contributed by atoms with van der Waals surface area (Å²) in [4.78, 5) is 26.0. The van der Waals surface area contributed by atoms with E-state index >= 15 is 0 Å². The number of rotatable bonds is 7. The first kappa shape index (κ1) is 22.2.